The molecule has 1 atom stereocenters. The molecule has 0 aliphatic carbocycles. The first kappa shape index (κ1) is 13.1. The molecule has 1 aliphatic rings. The smallest absolute Gasteiger partial charge is 0.226 e. The van der Waals surface area contributed by atoms with Crippen LogP contribution in [0.25, 0.3) is 11.2 Å². The highest BCUT2D eigenvalue weighted by Crippen LogP contribution is 2.27. The molecule has 3 heterocycles. The topological polar surface area (TPSA) is 86.8 Å². The Hall–Kier alpha value is -1.89. The van der Waals surface area contributed by atoms with E-state index in [1.54, 1.807) is 13.4 Å². The van der Waals surface area contributed by atoms with Crippen molar-refractivity contribution in [1.82, 2.24) is 25.3 Å². The number of amides is 1. The molecule has 106 valence electrons. The number of halogens is 1. The maximum absolute atomic E-state index is 11.8. The first-order valence-electron chi connectivity index (χ1n) is 6.52. The number of nitrogens with one attached hydrogen (secondary N) is 2. The lowest BCUT2D eigenvalue weighted by Crippen LogP contribution is -2.42. The molecular formula is C12H15ClN6O. The predicted octanol–water partition coefficient (Wildman–Crippen LogP) is 0.969. The molecule has 7 nitrogen and oxygen atoms in total. The number of H-pyrrole nitrogens is 1. The van der Waals surface area contributed by atoms with E-state index >= 15 is 0 Å². The van der Waals surface area contributed by atoms with Gasteiger partial charge in [0.1, 0.15) is 5.52 Å². The van der Waals surface area contributed by atoms with Crippen molar-refractivity contribution >= 4 is 34.5 Å². The van der Waals surface area contributed by atoms with Crippen molar-refractivity contribution in [3.8, 4) is 0 Å². The van der Waals surface area contributed by atoms with E-state index < -0.39 is 0 Å². The van der Waals surface area contributed by atoms with Crippen LogP contribution in [0.2, 0.25) is 5.28 Å². The molecule has 8 heteroatoms. The third-order valence-electron chi connectivity index (χ3n) is 3.58. The average Bonchev–Trinajstić information content (AvgIpc) is 2.93. The highest BCUT2D eigenvalue weighted by atomic mass is 35.5. The molecule has 1 aliphatic heterocycles. The van der Waals surface area contributed by atoms with Gasteiger partial charge in [0.25, 0.3) is 0 Å². The van der Waals surface area contributed by atoms with E-state index in [1.807, 2.05) is 0 Å². The molecule has 0 saturated carbocycles. The SMILES string of the molecule is CNC(=O)C1CCCN(c2nc(Cl)nc3nc[nH]c23)C1. The van der Waals surface area contributed by atoms with E-state index in [1.165, 1.54) is 0 Å². The Morgan fingerprint density at radius 3 is 3.20 bits per heavy atom. The van der Waals surface area contributed by atoms with E-state index in [9.17, 15) is 4.79 Å². The molecule has 0 bridgehead atoms. The Labute approximate surface area is 120 Å². The summed E-state index contributed by atoms with van der Waals surface area (Å²) in [5.74, 6) is 0.752. The number of aromatic nitrogens is 4. The van der Waals surface area contributed by atoms with Crippen molar-refractivity contribution in [1.29, 1.82) is 0 Å². The van der Waals surface area contributed by atoms with Crippen LogP contribution in [0.4, 0.5) is 5.82 Å². The Balaban J connectivity index is 1.94. The average molecular weight is 295 g/mol. The Morgan fingerprint density at radius 2 is 2.40 bits per heavy atom. The van der Waals surface area contributed by atoms with Crippen molar-refractivity contribution < 1.29 is 4.79 Å². The summed E-state index contributed by atoms with van der Waals surface area (Å²) in [5, 5.41) is 2.87. The summed E-state index contributed by atoms with van der Waals surface area (Å²) in [4.78, 5) is 29.4. The van der Waals surface area contributed by atoms with E-state index in [-0.39, 0.29) is 17.1 Å². The third kappa shape index (κ3) is 2.29. The van der Waals surface area contributed by atoms with Crippen LogP contribution in [0.15, 0.2) is 6.33 Å². The van der Waals surface area contributed by atoms with Gasteiger partial charge >= 0.3 is 0 Å². The lowest BCUT2D eigenvalue weighted by atomic mass is 9.97. The van der Waals surface area contributed by atoms with Crippen LogP contribution in [0.5, 0.6) is 0 Å². The summed E-state index contributed by atoms with van der Waals surface area (Å²) < 4.78 is 0. The minimum Gasteiger partial charge on any atom is -0.359 e. The van der Waals surface area contributed by atoms with Gasteiger partial charge in [0.15, 0.2) is 11.5 Å². The van der Waals surface area contributed by atoms with E-state index in [2.05, 4.69) is 30.2 Å². The number of nitrogens with zero attached hydrogens (tertiary/aromatic N) is 4. The molecule has 2 N–H and O–H groups in total. The molecule has 2 aromatic rings. The fraction of sp³-hybridized carbons (Fsp3) is 0.500. The molecule has 20 heavy (non-hydrogen) atoms. The number of rotatable bonds is 2. The largest absolute Gasteiger partial charge is 0.359 e. The quantitative estimate of drug-likeness (QED) is 0.806. The van der Waals surface area contributed by atoms with Gasteiger partial charge in [-0.1, -0.05) is 0 Å². The van der Waals surface area contributed by atoms with Gasteiger partial charge < -0.3 is 15.2 Å². The summed E-state index contributed by atoms with van der Waals surface area (Å²) in [6.07, 6.45) is 3.40. The molecule has 0 spiro atoms. The number of aromatic amines is 1. The van der Waals surface area contributed by atoms with Crippen molar-refractivity contribution in [3.63, 3.8) is 0 Å². The minimum absolute atomic E-state index is 0.0273. The Bertz CT molecular complexity index is 642. The predicted molar refractivity (Wildman–Crippen MR) is 75.7 cm³/mol. The van der Waals surface area contributed by atoms with Gasteiger partial charge in [-0.15, -0.1) is 0 Å². The highest BCUT2D eigenvalue weighted by molar-refractivity contribution is 6.28. The summed E-state index contributed by atoms with van der Waals surface area (Å²) in [6, 6.07) is 0. The van der Waals surface area contributed by atoms with Gasteiger partial charge in [0, 0.05) is 20.1 Å². The van der Waals surface area contributed by atoms with Crippen molar-refractivity contribution in [2.24, 2.45) is 5.92 Å². The van der Waals surface area contributed by atoms with Crippen LogP contribution in [-0.2, 0) is 4.79 Å². The number of anilines is 1. The summed E-state index contributed by atoms with van der Waals surface area (Å²) in [5.41, 5.74) is 1.30. The van der Waals surface area contributed by atoms with Crippen molar-refractivity contribution in [2.45, 2.75) is 12.8 Å². The summed E-state index contributed by atoms with van der Waals surface area (Å²) >= 11 is 5.94. The van der Waals surface area contributed by atoms with Gasteiger partial charge in [-0.2, -0.15) is 9.97 Å². The van der Waals surface area contributed by atoms with Crippen molar-refractivity contribution in [2.75, 3.05) is 25.0 Å². The molecule has 1 amide bonds. The maximum Gasteiger partial charge on any atom is 0.226 e. The molecule has 1 fully saturated rings. The molecule has 1 unspecified atom stereocenters. The van der Waals surface area contributed by atoms with Crippen LogP contribution in [-0.4, -0.2) is 46.0 Å². The zero-order chi connectivity index (χ0) is 14.1. The second-order valence-corrected chi connectivity index (χ2v) is 5.15. The Morgan fingerprint density at radius 1 is 1.55 bits per heavy atom. The molecule has 1 saturated heterocycles. The number of fused-ring (bicyclic) bond motifs is 1. The summed E-state index contributed by atoms with van der Waals surface area (Å²) in [7, 11) is 1.66. The van der Waals surface area contributed by atoms with Crippen LogP contribution >= 0.6 is 11.6 Å². The monoisotopic (exact) mass is 294 g/mol. The second-order valence-electron chi connectivity index (χ2n) is 4.82. The number of imidazole rings is 1. The normalized spacial score (nSPS) is 19.3. The lowest BCUT2D eigenvalue weighted by Gasteiger charge is -2.32. The number of piperidine rings is 1. The molecular weight excluding hydrogens is 280 g/mol. The van der Waals surface area contributed by atoms with Gasteiger partial charge in [0.2, 0.25) is 11.2 Å². The van der Waals surface area contributed by atoms with E-state index in [0.717, 1.165) is 24.9 Å². The number of hydrogen-bond acceptors (Lipinski definition) is 5. The third-order valence-corrected chi connectivity index (χ3v) is 3.75. The second kappa shape index (κ2) is 5.24. The number of carbonyl (C=O) groups excluding carboxylic acids is 1. The minimum atomic E-state index is -0.0273. The van der Waals surface area contributed by atoms with Crippen molar-refractivity contribution in [3.05, 3.63) is 11.6 Å². The van der Waals surface area contributed by atoms with Gasteiger partial charge in [-0.3, -0.25) is 4.79 Å². The van der Waals surface area contributed by atoms with Gasteiger partial charge in [0.05, 0.1) is 12.2 Å². The van der Waals surface area contributed by atoms with E-state index in [0.29, 0.717) is 18.0 Å². The van der Waals surface area contributed by atoms with Crippen LogP contribution in [0.3, 0.4) is 0 Å². The Kier molecular flexibility index (Phi) is 3.43. The maximum atomic E-state index is 11.8. The van der Waals surface area contributed by atoms with Gasteiger partial charge in [-0.25, -0.2) is 4.98 Å². The molecule has 0 radical (unpaired) electrons. The molecule has 0 aromatic carbocycles. The van der Waals surface area contributed by atoms with Crippen LogP contribution in [0.1, 0.15) is 12.8 Å². The zero-order valence-corrected chi connectivity index (χ0v) is 11.8. The number of carbonyl (C=O) groups is 1. The summed E-state index contributed by atoms with van der Waals surface area (Å²) in [6.45, 7) is 1.47. The molecule has 3 rings (SSSR count). The first-order valence-corrected chi connectivity index (χ1v) is 6.90. The highest BCUT2D eigenvalue weighted by Gasteiger charge is 2.27. The van der Waals surface area contributed by atoms with Crippen LogP contribution in [0, 0.1) is 5.92 Å². The van der Waals surface area contributed by atoms with Crippen LogP contribution < -0.4 is 10.2 Å². The van der Waals surface area contributed by atoms with Gasteiger partial charge in [-0.05, 0) is 24.4 Å². The molecule has 2 aromatic heterocycles. The standard InChI is InChI=1S/C12H15ClN6O/c1-14-11(20)7-3-2-4-19(5-7)10-8-9(16-6-15-8)17-12(13)18-10/h6-7H,2-5H2,1H3,(H,14,20)(H,15,16,17,18). The fourth-order valence-electron chi connectivity index (χ4n) is 2.61. The fourth-order valence-corrected chi connectivity index (χ4v) is 2.77. The zero-order valence-electron chi connectivity index (χ0n) is 11.1. The lowest BCUT2D eigenvalue weighted by molar-refractivity contribution is -0.124. The number of hydrogen-bond donors (Lipinski definition) is 2. The van der Waals surface area contributed by atoms with E-state index in [4.69, 9.17) is 11.6 Å². The first-order chi connectivity index (χ1) is 9.69.